The maximum absolute atomic E-state index is 5.45. The molecule has 2 aromatic heterocycles. The van der Waals surface area contributed by atoms with Crippen molar-refractivity contribution in [3.8, 4) is 0 Å². The van der Waals surface area contributed by atoms with Crippen LogP contribution in [-0.2, 0) is 6.42 Å². The Morgan fingerprint density at radius 1 is 1.41 bits per heavy atom. The summed E-state index contributed by atoms with van der Waals surface area (Å²) >= 11 is 4.81. The topological polar surface area (TPSA) is 89.9 Å². The van der Waals surface area contributed by atoms with Gasteiger partial charge in [-0.1, -0.05) is 17.4 Å². The van der Waals surface area contributed by atoms with Gasteiger partial charge >= 0.3 is 0 Å². The van der Waals surface area contributed by atoms with Crippen LogP contribution in [-0.4, -0.2) is 26.7 Å². The molecule has 0 aromatic carbocycles. The Kier molecular flexibility index (Phi) is 3.61. The Hall–Kier alpha value is -2.02. The Morgan fingerprint density at radius 3 is 2.88 bits per heavy atom. The summed E-state index contributed by atoms with van der Waals surface area (Å²) in [6.07, 6.45) is 3.73. The number of hydrogen-bond acceptors (Lipinski definition) is 6. The van der Waals surface area contributed by atoms with E-state index in [1.807, 2.05) is 6.07 Å². The van der Waals surface area contributed by atoms with Crippen molar-refractivity contribution in [2.75, 3.05) is 11.9 Å². The molecule has 0 saturated carbocycles. The highest BCUT2D eigenvalue weighted by Gasteiger charge is 2.00. The Labute approximate surface area is 103 Å². The normalized spacial score (nSPS) is 10.1. The van der Waals surface area contributed by atoms with Gasteiger partial charge in [0, 0.05) is 13.0 Å². The quantitative estimate of drug-likeness (QED) is 0.756. The lowest BCUT2D eigenvalue weighted by atomic mass is 10.3. The molecule has 2 rings (SSSR count). The van der Waals surface area contributed by atoms with Gasteiger partial charge in [-0.05, 0) is 12.1 Å². The first-order chi connectivity index (χ1) is 8.25. The lowest BCUT2D eigenvalue weighted by Crippen LogP contribution is -2.12. The highest BCUT2D eigenvalue weighted by molar-refractivity contribution is 7.80. The fourth-order valence-corrected chi connectivity index (χ4v) is 1.38. The number of anilines is 1. The Balaban J connectivity index is 1.85. The van der Waals surface area contributed by atoms with Crippen molar-refractivity contribution < 1.29 is 4.52 Å². The van der Waals surface area contributed by atoms with Crippen LogP contribution in [0.2, 0.25) is 0 Å². The van der Waals surface area contributed by atoms with Gasteiger partial charge in [-0.2, -0.15) is 4.98 Å². The van der Waals surface area contributed by atoms with Crippen molar-refractivity contribution in [2.24, 2.45) is 5.73 Å². The third-order valence-electron chi connectivity index (χ3n) is 2.09. The van der Waals surface area contributed by atoms with Crippen molar-refractivity contribution in [2.45, 2.75) is 6.42 Å². The van der Waals surface area contributed by atoms with E-state index in [1.165, 1.54) is 6.33 Å². The predicted octanol–water partition coefficient (Wildman–Crippen LogP) is 0.753. The summed E-state index contributed by atoms with van der Waals surface area (Å²) in [5, 5.41) is 6.70. The van der Waals surface area contributed by atoms with Gasteiger partial charge in [0.05, 0.1) is 17.6 Å². The standard InChI is InChI=1S/C10H11N5OS/c11-10(17)8-2-1-7(5-13-8)12-4-3-9-14-6-15-16-9/h1-2,5-6,12H,3-4H2,(H2,11,17). The van der Waals surface area contributed by atoms with Gasteiger partial charge in [-0.25, -0.2) is 0 Å². The molecule has 0 unspecified atom stereocenters. The van der Waals surface area contributed by atoms with Gasteiger partial charge in [0.2, 0.25) is 5.89 Å². The molecule has 7 heteroatoms. The van der Waals surface area contributed by atoms with E-state index in [1.54, 1.807) is 12.3 Å². The SMILES string of the molecule is NC(=S)c1ccc(NCCc2ncno2)cn1. The summed E-state index contributed by atoms with van der Waals surface area (Å²) in [4.78, 5) is 8.33. The maximum Gasteiger partial charge on any atom is 0.228 e. The van der Waals surface area contributed by atoms with E-state index in [-0.39, 0.29) is 0 Å². The molecule has 17 heavy (non-hydrogen) atoms. The summed E-state index contributed by atoms with van der Waals surface area (Å²) in [5.74, 6) is 0.602. The molecule has 6 nitrogen and oxygen atoms in total. The maximum atomic E-state index is 5.45. The van der Waals surface area contributed by atoms with Crippen LogP contribution >= 0.6 is 12.2 Å². The monoisotopic (exact) mass is 249 g/mol. The molecule has 0 radical (unpaired) electrons. The zero-order valence-electron chi connectivity index (χ0n) is 8.96. The van der Waals surface area contributed by atoms with Gasteiger partial charge in [0.25, 0.3) is 0 Å². The summed E-state index contributed by atoms with van der Waals surface area (Å²) in [7, 11) is 0. The van der Waals surface area contributed by atoms with Crippen LogP contribution in [0.3, 0.4) is 0 Å². The van der Waals surface area contributed by atoms with Gasteiger partial charge in [-0.15, -0.1) is 0 Å². The number of nitrogens with zero attached hydrogens (tertiary/aromatic N) is 3. The molecule has 0 amide bonds. The number of nitrogens with two attached hydrogens (primary N) is 1. The largest absolute Gasteiger partial charge is 0.388 e. The van der Waals surface area contributed by atoms with E-state index in [0.717, 1.165) is 5.69 Å². The predicted molar refractivity (Wildman–Crippen MR) is 66.6 cm³/mol. The number of hydrogen-bond donors (Lipinski definition) is 2. The first-order valence-electron chi connectivity index (χ1n) is 5.01. The smallest absolute Gasteiger partial charge is 0.228 e. The van der Waals surface area contributed by atoms with Gasteiger partial charge in [0.1, 0.15) is 4.99 Å². The lowest BCUT2D eigenvalue weighted by Gasteiger charge is -2.04. The second-order valence-electron chi connectivity index (χ2n) is 3.31. The minimum atomic E-state index is 0.294. The molecule has 3 N–H and O–H groups in total. The van der Waals surface area contributed by atoms with E-state index in [0.29, 0.717) is 29.5 Å². The van der Waals surface area contributed by atoms with Crippen LogP contribution in [0.4, 0.5) is 5.69 Å². The summed E-state index contributed by atoms with van der Waals surface area (Å²) in [5.41, 5.74) is 6.96. The molecule has 0 aliphatic rings. The summed E-state index contributed by atoms with van der Waals surface area (Å²) in [6.45, 7) is 0.691. The second kappa shape index (κ2) is 5.35. The molecule has 88 valence electrons. The highest BCUT2D eigenvalue weighted by Crippen LogP contribution is 2.06. The summed E-state index contributed by atoms with van der Waals surface area (Å²) in [6, 6.07) is 3.65. The van der Waals surface area contributed by atoms with Gasteiger partial charge < -0.3 is 15.6 Å². The van der Waals surface area contributed by atoms with Crippen molar-refractivity contribution in [1.29, 1.82) is 0 Å². The molecule has 0 atom stereocenters. The molecule has 0 fully saturated rings. The van der Waals surface area contributed by atoms with Crippen LogP contribution in [0.1, 0.15) is 11.6 Å². The van der Waals surface area contributed by atoms with E-state index in [2.05, 4.69) is 20.4 Å². The molecule has 0 aliphatic carbocycles. The molecule has 0 spiro atoms. The van der Waals surface area contributed by atoms with Crippen molar-refractivity contribution >= 4 is 22.9 Å². The summed E-state index contributed by atoms with van der Waals surface area (Å²) < 4.78 is 4.87. The van der Waals surface area contributed by atoms with Gasteiger partial charge in [0.15, 0.2) is 6.33 Å². The number of aromatic nitrogens is 3. The molecule has 0 aliphatic heterocycles. The number of thiocarbonyl (C=S) groups is 1. The average molecular weight is 249 g/mol. The lowest BCUT2D eigenvalue weighted by molar-refractivity contribution is 0.380. The fraction of sp³-hybridized carbons (Fsp3) is 0.200. The molecular formula is C10H11N5OS. The minimum absolute atomic E-state index is 0.294. The molecule has 0 bridgehead atoms. The number of pyridine rings is 1. The number of nitrogens with one attached hydrogen (secondary N) is 1. The van der Waals surface area contributed by atoms with Crippen molar-refractivity contribution in [3.05, 3.63) is 36.2 Å². The molecular weight excluding hydrogens is 238 g/mol. The van der Waals surface area contributed by atoms with E-state index < -0.39 is 0 Å². The van der Waals surface area contributed by atoms with Crippen LogP contribution < -0.4 is 11.1 Å². The zero-order chi connectivity index (χ0) is 12.1. The first kappa shape index (κ1) is 11.5. The highest BCUT2D eigenvalue weighted by atomic mass is 32.1. The van der Waals surface area contributed by atoms with Crippen LogP contribution in [0.25, 0.3) is 0 Å². The third-order valence-corrected chi connectivity index (χ3v) is 2.30. The van der Waals surface area contributed by atoms with Crippen LogP contribution in [0, 0.1) is 0 Å². The molecule has 0 saturated heterocycles. The first-order valence-corrected chi connectivity index (χ1v) is 5.42. The van der Waals surface area contributed by atoms with Crippen molar-refractivity contribution in [3.63, 3.8) is 0 Å². The van der Waals surface area contributed by atoms with Gasteiger partial charge in [-0.3, -0.25) is 4.98 Å². The average Bonchev–Trinajstić information content (AvgIpc) is 2.83. The Bertz CT molecular complexity index is 482. The van der Waals surface area contributed by atoms with Crippen LogP contribution in [0.15, 0.2) is 29.2 Å². The fourth-order valence-electron chi connectivity index (χ4n) is 1.26. The van der Waals surface area contributed by atoms with E-state index >= 15 is 0 Å². The zero-order valence-corrected chi connectivity index (χ0v) is 9.78. The Morgan fingerprint density at radius 2 is 2.29 bits per heavy atom. The minimum Gasteiger partial charge on any atom is -0.388 e. The third kappa shape index (κ3) is 3.22. The van der Waals surface area contributed by atoms with E-state index in [4.69, 9.17) is 22.5 Å². The number of rotatable bonds is 5. The molecule has 2 aromatic rings. The van der Waals surface area contributed by atoms with Crippen LogP contribution in [0.5, 0.6) is 0 Å². The van der Waals surface area contributed by atoms with E-state index in [9.17, 15) is 0 Å². The molecule has 2 heterocycles. The second-order valence-corrected chi connectivity index (χ2v) is 3.75. The van der Waals surface area contributed by atoms with Crippen molar-refractivity contribution in [1.82, 2.24) is 15.1 Å².